The molecule has 0 atom stereocenters. The van der Waals surface area contributed by atoms with Crippen LogP contribution in [0.1, 0.15) is 11.1 Å². The van der Waals surface area contributed by atoms with Gasteiger partial charge in [-0.25, -0.2) is 16.1 Å². The molecular formula is C14H19FN6O2. The van der Waals surface area contributed by atoms with Gasteiger partial charge in [-0.15, -0.1) is 5.10 Å². The van der Waals surface area contributed by atoms with Crippen LogP contribution in [0.4, 0.5) is 10.1 Å². The number of nitrogens with two attached hydrogens (primary N) is 2. The number of carbonyl (C=O) groups is 1. The third-order valence-corrected chi connectivity index (χ3v) is 2.77. The molecule has 0 unspecified atom stereocenters. The second-order valence-electron chi connectivity index (χ2n) is 4.44. The zero-order valence-corrected chi connectivity index (χ0v) is 12.9. The Morgan fingerprint density at radius 2 is 2.13 bits per heavy atom. The second kappa shape index (κ2) is 9.28. The molecule has 0 aliphatic rings. The van der Waals surface area contributed by atoms with Gasteiger partial charge >= 0.3 is 0 Å². The van der Waals surface area contributed by atoms with Crippen molar-refractivity contribution in [1.82, 2.24) is 15.6 Å². The van der Waals surface area contributed by atoms with E-state index in [4.69, 9.17) is 15.4 Å². The number of anilines is 1. The van der Waals surface area contributed by atoms with Gasteiger partial charge < -0.3 is 9.75 Å². The Kier molecular flexibility index (Phi) is 7.37. The van der Waals surface area contributed by atoms with Crippen molar-refractivity contribution in [2.75, 3.05) is 12.1 Å². The summed E-state index contributed by atoms with van der Waals surface area (Å²) in [6.07, 6.45) is 1.98. The molecule has 0 spiro atoms. The Hall–Kier alpha value is -2.78. The molecule has 0 radical (unpaired) electrons. The van der Waals surface area contributed by atoms with Crippen LogP contribution in [0.25, 0.3) is 0 Å². The number of carbonyl (C=O) groups excluding carboxylic acids is 1. The maximum Gasteiger partial charge on any atom is 0.236 e. The predicted molar refractivity (Wildman–Crippen MR) is 83.5 cm³/mol. The zero-order valence-electron chi connectivity index (χ0n) is 12.9. The largest absolute Gasteiger partial charge is 0.471 e. The molecule has 0 aliphatic carbocycles. The number of amides is 1. The van der Waals surface area contributed by atoms with E-state index in [2.05, 4.69) is 16.0 Å². The van der Waals surface area contributed by atoms with Crippen LogP contribution in [-0.2, 0) is 11.4 Å². The van der Waals surface area contributed by atoms with Crippen molar-refractivity contribution < 1.29 is 13.9 Å². The van der Waals surface area contributed by atoms with Crippen LogP contribution in [0.3, 0.4) is 0 Å². The summed E-state index contributed by atoms with van der Waals surface area (Å²) >= 11 is 0. The van der Waals surface area contributed by atoms with Gasteiger partial charge in [-0.2, -0.15) is 5.10 Å². The number of rotatable bonds is 5. The quantitative estimate of drug-likeness (QED) is 0.316. The highest BCUT2D eigenvalue weighted by atomic mass is 19.1. The first-order valence-electron chi connectivity index (χ1n) is 6.58. The monoisotopic (exact) mass is 322 g/mol. The van der Waals surface area contributed by atoms with Gasteiger partial charge in [0.1, 0.15) is 12.4 Å². The lowest BCUT2D eigenvalue weighted by atomic mass is 10.1. The number of hydrogen-bond acceptors (Lipinski definition) is 7. The number of nitrogens with one attached hydrogen (secondary N) is 1. The lowest BCUT2D eigenvalue weighted by Gasteiger charge is -2.17. The van der Waals surface area contributed by atoms with Crippen LogP contribution in [0, 0.1) is 12.7 Å². The minimum atomic E-state index is -0.364. The number of hydrazine groups is 2. The van der Waals surface area contributed by atoms with Crippen molar-refractivity contribution in [3.05, 3.63) is 47.4 Å². The van der Waals surface area contributed by atoms with E-state index in [1.807, 2.05) is 6.92 Å². The van der Waals surface area contributed by atoms with Gasteiger partial charge in [0.2, 0.25) is 12.3 Å². The zero-order chi connectivity index (χ0) is 17.2. The maximum atomic E-state index is 13.8. The topological polar surface area (TPSA) is 119 Å². The number of nitrogens with zero attached hydrogens (tertiary/aromatic N) is 3. The summed E-state index contributed by atoms with van der Waals surface area (Å²) in [4.78, 5) is 8.94. The number of halogens is 1. The van der Waals surface area contributed by atoms with Crippen molar-refractivity contribution >= 4 is 12.1 Å². The maximum absolute atomic E-state index is 13.8. The predicted octanol–water partition coefficient (Wildman–Crippen LogP) is 0.419. The van der Waals surface area contributed by atoms with Gasteiger partial charge in [-0.1, -0.05) is 6.07 Å². The molecule has 1 aromatic heterocycles. The van der Waals surface area contributed by atoms with Crippen LogP contribution >= 0.6 is 0 Å². The Morgan fingerprint density at radius 3 is 2.70 bits per heavy atom. The molecule has 2 aromatic rings. The third-order valence-electron chi connectivity index (χ3n) is 2.77. The molecule has 0 aliphatic heterocycles. The molecule has 1 heterocycles. The molecule has 9 heteroatoms. The van der Waals surface area contributed by atoms with Crippen molar-refractivity contribution in [2.24, 2.45) is 11.7 Å². The van der Waals surface area contributed by atoms with Gasteiger partial charge in [0.25, 0.3) is 0 Å². The normalized spacial score (nSPS) is 9.43. The van der Waals surface area contributed by atoms with E-state index >= 15 is 0 Å². The first-order valence-corrected chi connectivity index (χ1v) is 6.58. The lowest BCUT2D eigenvalue weighted by Crippen LogP contribution is -2.27. The Balaban J connectivity index is 0.000000593. The fourth-order valence-corrected chi connectivity index (χ4v) is 1.68. The summed E-state index contributed by atoms with van der Waals surface area (Å²) in [5.74, 6) is 10.1. The fourth-order valence-electron chi connectivity index (χ4n) is 1.68. The number of aromatic nitrogens is 2. The molecule has 2 rings (SSSR count). The van der Waals surface area contributed by atoms with Crippen molar-refractivity contribution in [3.8, 4) is 5.88 Å². The molecule has 23 heavy (non-hydrogen) atoms. The van der Waals surface area contributed by atoms with E-state index < -0.39 is 0 Å². The van der Waals surface area contributed by atoms with E-state index in [0.717, 1.165) is 5.56 Å². The van der Waals surface area contributed by atoms with Gasteiger partial charge in [-0.05, 0) is 25.1 Å². The van der Waals surface area contributed by atoms with E-state index in [-0.39, 0.29) is 12.4 Å². The number of hydrogen-bond donors (Lipinski definition) is 3. The molecule has 5 N–H and O–H groups in total. The molecule has 1 aromatic carbocycles. The van der Waals surface area contributed by atoms with E-state index in [0.29, 0.717) is 23.5 Å². The number of benzene rings is 1. The second-order valence-corrected chi connectivity index (χ2v) is 4.44. The number of aryl methyl sites for hydroxylation is 1. The van der Waals surface area contributed by atoms with Crippen molar-refractivity contribution in [3.63, 3.8) is 0 Å². The minimum absolute atomic E-state index is 0.0447. The minimum Gasteiger partial charge on any atom is -0.471 e. The molecule has 1 amide bonds. The summed E-state index contributed by atoms with van der Waals surface area (Å²) in [6, 6.07) is 6.48. The number of ether oxygens (including phenoxy) is 1. The van der Waals surface area contributed by atoms with Gasteiger partial charge in [-0.3, -0.25) is 10.2 Å². The Labute approximate surface area is 133 Å². The smallest absolute Gasteiger partial charge is 0.236 e. The Morgan fingerprint density at radius 1 is 1.43 bits per heavy atom. The average molecular weight is 322 g/mol. The van der Waals surface area contributed by atoms with Gasteiger partial charge in [0.05, 0.1) is 11.9 Å². The van der Waals surface area contributed by atoms with Crippen LogP contribution in [0.5, 0.6) is 5.88 Å². The summed E-state index contributed by atoms with van der Waals surface area (Å²) in [5, 5.41) is 8.94. The Bertz CT molecular complexity index is 638. The van der Waals surface area contributed by atoms with E-state index in [9.17, 15) is 4.39 Å². The first-order chi connectivity index (χ1) is 11.0. The standard InChI is InChI=1S/C13H15FN4O.CH4N2O/c1-9-6-7-16-17-13(9)19-8-10-11(14)4-3-5-12(10)18(2)15;2-3-1-4/h3-7H,8,15H2,1-2H3;1H,2H2,(H,3,4). The molecule has 0 saturated heterocycles. The summed E-state index contributed by atoms with van der Waals surface area (Å²) in [7, 11) is 1.64. The van der Waals surface area contributed by atoms with E-state index in [1.165, 1.54) is 11.1 Å². The highest BCUT2D eigenvalue weighted by Gasteiger charge is 2.12. The molecule has 0 fully saturated rings. The molecule has 0 saturated carbocycles. The molecule has 0 bridgehead atoms. The summed E-state index contributed by atoms with van der Waals surface area (Å²) in [6.45, 7) is 1.89. The van der Waals surface area contributed by atoms with Crippen LogP contribution < -0.4 is 26.9 Å². The average Bonchev–Trinajstić information content (AvgIpc) is 2.55. The highest BCUT2D eigenvalue weighted by molar-refractivity contribution is 5.52. The van der Waals surface area contributed by atoms with Gasteiger partial charge in [0, 0.05) is 18.2 Å². The highest BCUT2D eigenvalue weighted by Crippen LogP contribution is 2.23. The van der Waals surface area contributed by atoms with Crippen LogP contribution in [-0.4, -0.2) is 23.7 Å². The van der Waals surface area contributed by atoms with Crippen molar-refractivity contribution in [1.29, 1.82) is 0 Å². The summed E-state index contributed by atoms with van der Waals surface area (Å²) < 4.78 is 19.3. The van der Waals surface area contributed by atoms with Gasteiger partial charge in [0.15, 0.2) is 0 Å². The molecule has 8 nitrogen and oxygen atoms in total. The SMILES string of the molecule is Cc1ccnnc1OCc1c(F)cccc1N(C)N.NNC=O. The van der Waals surface area contributed by atoms with Crippen molar-refractivity contribution in [2.45, 2.75) is 13.5 Å². The van der Waals surface area contributed by atoms with E-state index in [1.54, 1.807) is 36.9 Å². The lowest BCUT2D eigenvalue weighted by molar-refractivity contribution is -0.109. The molecular weight excluding hydrogens is 303 g/mol. The first kappa shape index (κ1) is 18.3. The van der Waals surface area contributed by atoms with Crippen LogP contribution in [0.2, 0.25) is 0 Å². The third kappa shape index (κ3) is 5.49. The summed E-state index contributed by atoms with van der Waals surface area (Å²) in [5.41, 5.74) is 3.55. The fraction of sp³-hybridized carbons (Fsp3) is 0.214. The van der Waals surface area contributed by atoms with Crippen LogP contribution in [0.15, 0.2) is 30.5 Å². The molecule has 124 valence electrons.